The van der Waals surface area contributed by atoms with Crippen LogP contribution in [0.4, 0.5) is 8.78 Å². The molecule has 28 heavy (non-hydrogen) atoms. The second-order valence-corrected chi connectivity index (χ2v) is 9.49. The van der Waals surface area contributed by atoms with E-state index in [0.717, 1.165) is 0 Å². The topological polar surface area (TPSA) is 57.7 Å². The molecule has 0 N–H and O–H groups in total. The Morgan fingerprint density at radius 3 is 2.25 bits per heavy atom. The Kier molecular flexibility index (Phi) is 6.59. The minimum absolute atomic E-state index is 0.117. The summed E-state index contributed by atoms with van der Waals surface area (Å²) in [4.78, 5) is 14.6. The second-order valence-electron chi connectivity index (χ2n) is 6.06. The lowest BCUT2D eigenvalue weighted by Gasteiger charge is -2.34. The Bertz CT molecular complexity index is 948. The predicted octanol–water partition coefficient (Wildman–Crippen LogP) is 3.80. The van der Waals surface area contributed by atoms with E-state index in [1.165, 1.54) is 40.7 Å². The number of thioether (sulfide) groups is 1. The van der Waals surface area contributed by atoms with Gasteiger partial charge in [-0.1, -0.05) is 29.4 Å². The number of sulfonamides is 1. The van der Waals surface area contributed by atoms with Crippen LogP contribution in [0.25, 0.3) is 0 Å². The number of halogens is 3. The van der Waals surface area contributed by atoms with Gasteiger partial charge in [0, 0.05) is 41.7 Å². The molecule has 150 valence electrons. The van der Waals surface area contributed by atoms with E-state index in [0.29, 0.717) is 27.2 Å². The third-order valence-electron chi connectivity index (χ3n) is 4.29. The predicted molar refractivity (Wildman–Crippen MR) is 104 cm³/mol. The van der Waals surface area contributed by atoms with Crippen LogP contribution in [-0.2, 0) is 10.0 Å². The van der Waals surface area contributed by atoms with Crippen LogP contribution in [0.15, 0.2) is 58.3 Å². The van der Waals surface area contributed by atoms with Gasteiger partial charge in [0.2, 0.25) is 10.0 Å². The molecule has 1 heterocycles. The smallest absolute Gasteiger partial charge is 0.288 e. The van der Waals surface area contributed by atoms with Gasteiger partial charge >= 0.3 is 0 Å². The highest BCUT2D eigenvalue weighted by molar-refractivity contribution is 7.99. The minimum atomic E-state index is -3.68. The zero-order chi connectivity index (χ0) is 20.3. The maximum absolute atomic E-state index is 12.7. The summed E-state index contributed by atoms with van der Waals surface area (Å²) in [6.07, 6.45) is 0. The first kappa shape index (κ1) is 21.0. The van der Waals surface area contributed by atoms with Gasteiger partial charge < -0.3 is 4.90 Å². The van der Waals surface area contributed by atoms with Gasteiger partial charge in [0.15, 0.2) is 0 Å². The molecule has 1 fully saturated rings. The van der Waals surface area contributed by atoms with Crippen LogP contribution in [0, 0.1) is 0 Å². The molecule has 0 aliphatic carbocycles. The third-order valence-corrected chi connectivity index (χ3v) is 7.14. The summed E-state index contributed by atoms with van der Waals surface area (Å²) in [6.45, 7) is 0.818. The number of hydrogen-bond acceptors (Lipinski definition) is 4. The molecule has 2 aromatic rings. The van der Waals surface area contributed by atoms with Crippen molar-refractivity contribution in [1.82, 2.24) is 9.21 Å². The highest BCUT2D eigenvalue weighted by Crippen LogP contribution is 2.26. The molecule has 5 nitrogen and oxygen atoms in total. The molecule has 1 saturated heterocycles. The third kappa shape index (κ3) is 4.83. The Balaban J connectivity index is 1.64. The number of benzene rings is 2. The van der Waals surface area contributed by atoms with Crippen molar-refractivity contribution in [1.29, 1.82) is 0 Å². The molecule has 1 aliphatic rings. The number of carbonyl (C=O) groups excluding carboxylic acids is 1. The number of hydrogen-bond donors (Lipinski definition) is 0. The zero-order valence-electron chi connectivity index (χ0n) is 14.6. The lowest BCUT2D eigenvalue weighted by molar-refractivity contribution is 0.0698. The molecule has 1 aliphatic heterocycles. The van der Waals surface area contributed by atoms with Crippen LogP contribution in [-0.4, -0.2) is 55.5 Å². The van der Waals surface area contributed by atoms with Gasteiger partial charge in [-0.3, -0.25) is 4.79 Å². The summed E-state index contributed by atoms with van der Waals surface area (Å²) in [6, 6.07) is 12.0. The molecule has 0 spiro atoms. The van der Waals surface area contributed by atoms with Crippen molar-refractivity contribution in [3.63, 3.8) is 0 Å². The summed E-state index contributed by atoms with van der Waals surface area (Å²) in [5, 5.41) is 0.336. The molecular weight excluding hydrogens is 430 g/mol. The Hall–Kier alpha value is -1.68. The summed E-state index contributed by atoms with van der Waals surface area (Å²) in [5.74, 6) is -2.77. The van der Waals surface area contributed by atoms with Crippen molar-refractivity contribution in [3.05, 3.63) is 59.1 Å². The normalized spacial score (nSPS) is 15.8. The van der Waals surface area contributed by atoms with Crippen molar-refractivity contribution in [2.24, 2.45) is 0 Å². The quantitative estimate of drug-likeness (QED) is 0.655. The molecule has 0 aromatic heterocycles. The Morgan fingerprint density at radius 2 is 1.68 bits per heavy atom. The van der Waals surface area contributed by atoms with E-state index in [4.69, 9.17) is 11.6 Å². The summed E-state index contributed by atoms with van der Waals surface area (Å²) in [5.41, 5.74) is 0.379. The second kappa shape index (κ2) is 8.77. The van der Waals surface area contributed by atoms with E-state index < -0.39 is 15.8 Å². The monoisotopic (exact) mass is 446 g/mol. The number of nitrogens with zero attached hydrogens (tertiary/aromatic N) is 2. The average molecular weight is 447 g/mol. The van der Waals surface area contributed by atoms with Crippen molar-refractivity contribution in [3.8, 4) is 0 Å². The summed E-state index contributed by atoms with van der Waals surface area (Å²) in [7, 11) is -3.68. The van der Waals surface area contributed by atoms with Crippen molar-refractivity contribution in [2.75, 3.05) is 26.2 Å². The molecule has 0 atom stereocenters. The van der Waals surface area contributed by atoms with E-state index in [-0.39, 0.29) is 37.0 Å². The number of amides is 1. The molecule has 2 aromatic carbocycles. The molecular formula is C18H17ClF2N2O3S2. The van der Waals surface area contributed by atoms with Crippen molar-refractivity contribution < 1.29 is 22.0 Å². The minimum Gasteiger partial charge on any atom is -0.336 e. The lowest BCUT2D eigenvalue weighted by Crippen LogP contribution is -2.50. The first-order valence-corrected chi connectivity index (χ1v) is 11.1. The van der Waals surface area contributed by atoms with Crippen LogP contribution in [0.5, 0.6) is 0 Å². The average Bonchev–Trinajstić information content (AvgIpc) is 2.68. The number of rotatable bonds is 5. The first-order chi connectivity index (χ1) is 13.3. The fourth-order valence-corrected chi connectivity index (χ4v) is 5.09. The summed E-state index contributed by atoms with van der Waals surface area (Å²) >= 11 is 6.30. The van der Waals surface area contributed by atoms with E-state index in [9.17, 15) is 22.0 Å². The molecule has 0 radical (unpaired) electrons. The molecule has 10 heteroatoms. The first-order valence-electron chi connectivity index (χ1n) is 8.37. The standard InChI is InChI=1S/C18H17ClF2N2O3S2/c19-14-2-1-3-16(12-14)28(25,26)23-10-8-22(9-11-23)17(24)13-4-6-15(7-5-13)27-18(20)21/h1-7,12,18H,8-11H2. The lowest BCUT2D eigenvalue weighted by atomic mass is 10.2. The van der Waals surface area contributed by atoms with E-state index in [1.54, 1.807) is 17.0 Å². The molecule has 3 rings (SSSR count). The summed E-state index contributed by atoms with van der Waals surface area (Å²) < 4.78 is 51.5. The van der Waals surface area contributed by atoms with Crippen LogP contribution >= 0.6 is 23.4 Å². The van der Waals surface area contributed by atoms with Crippen LogP contribution in [0.1, 0.15) is 10.4 Å². The van der Waals surface area contributed by atoms with Gasteiger partial charge in [-0.15, -0.1) is 0 Å². The van der Waals surface area contributed by atoms with Gasteiger partial charge in [-0.25, -0.2) is 8.42 Å². The number of piperazine rings is 1. The maximum Gasteiger partial charge on any atom is 0.288 e. The van der Waals surface area contributed by atoms with Gasteiger partial charge in [0.05, 0.1) is 4.90 Å². The zero-order valence-corrected chi connectivity index (χ0v) is 17.0. The van der Waals surface area contributed by atoms with Gasteiger partial charge in [-0.05, 0) is 42.5 Å². The molecule has 0 bridgehead atoms. The fraction of sp³-hybridized carbons (Fsp3) is 0.278. The highest BCUT2D eigenvalue weighted by atomic mass is 35.5. The van der Waals surface area contributed by atoms with Gasteiger partial charge in [0.1, 0.15) is 0 Å². The van der Waals surface area contributed by atoms with E-state index >= 15 is 0 Å². The van der Waals surface area contributed by atoms with Crippen LogP contribution < -0.4 is 0 Å². The number of carbonyl (C=O) groups is 1. The Labute approximate surface area is 171 Å². The van der Waals surface area contributed by atoms with Gasteiger partial charge in [0.25, 0.3) is 11.7 Å². The molecule has 0 saturated carbocycles. The van der Waals surface area contributed by atoms with Crippen LogP contribution in [0.2, 0.25) is 5.02 Å². The largest absolute Gasteiger partial charge is 0.336 e. The van der Waals surface area contributed by atoms with Crippen LogP contribution in [0.3, 0.4) is 0 Å². The maximum atomic E-state index is 12.7. The Morgan fingerprint density at radius 1 is 1.04 bits per heavy atom. The van der Waals surface area contributed by atoms with Crippen molar-refractivity contribution >= 4 is 39.3 Å². The molecule has 0 unspecified atom stereocenters. The SMILES string of the molecule is O=C(c1ccc(SC(F)F)cc1)N1CCN(S(=O)(=O)c2cccc(Cl)c2)CC1. The van der Waals surface area contributed by atoms with Crippen molar-refractivity contribution in [2.45, 2.75) is 15.5 Å². The highest BCUT2D eigenvalue weighted by Gasteiger charge is 2.30. The van der Waals surface area contributed by atoms with E-state index in [1.807, 2.05) is 0 Å². The fourth-order valence-electron chi connectivity index (χ4n) is 2.87. The number of alkyl halides is 2. The van der Waals surface area contributed by atoms with E-state index in [2.05, 4.69) is 0 Å². The van der Waals surface area contributed by atoms with Gasteiger partial charge in [-0.2, -0.15) is 13.1 Å². The molecule has 1 amide bonds.